The van der Waals surface area contributed by atoms with Crippen molar-refractivity contribution in [3.63, 3.8) is 0 Å². The minimum Gasteiger partial charge on any atom is -0.481 e. The van der Waals surface area contributed by atoms with Crippen molar-refractivity contribution in [1.29, 1.82) is 0 Å². The second kappa shape index (κ2) is 10.4. The van der Waals surface area contributed by atoms with E-state index in [4.69, 9.17) is 15.0 Å². The van der Waals surface area contributed by atoms with E-state index in [0.29, 0.717) is 13.1 Å². The van der Waals surface area contributed by atoms with Gasteiger partial charge in [-0.15, -0.1) is 0 Å². The summed E-state index contributed by atoms with van der Waals surface area (Å²) in [5.41, 5.74) is 2.05. The van der Waals surface area contributed by atoms with Crippen LogP contribution in [-0.2, 0) is 16.1 Å². The Bertz CT molecular complexity index is 608. The summed E-state index contributed by atoms with van der Waals surface area (Å²) in [6.07, 6.45) is 0. The molecular formula is C17H25N3O5. The number of aryl methyl sites for hydroxylation is 1. The number of hydrogen-bond acceptors (Lipinski definition) is 5. The van der Waals surface area contributed by atoms with Crippen LogP contribution in [0.3, 0.4) is 0 Å². The van der Waals surface area contributed by atoms with Crippen LogP contribution < -0.4 is 10.6 Å². The number of amides is 1. The van der Waals surface area contributed by atoms with Crippen molar-refractivity contribution in [1.82, 2.24) is 15.5 Å². The number of aromatic carboxylic acids is 1. The lowest BCUT2D eigenvalue weighted by molar-refractivity contribution is -0.134. The van der Waals surface area contributed by atoms with Gasteiger partial charge in [-0.25, -0.2) is 4.79 Å². The van der Waals surface area contributed by atoms with Crippen molar-refractivity contribution >= 4 is 17.8 Å². The van der Waals surface area contributed by atoms with Crippen LogP contribution in [0.5, 0.6) is 0 Å². The first-order chi connectivity index (χ1) is 11.8. The van der Waals surface area contributed by atoms with E-state index in [-0.39, 0.29) is 11.5 Å². The molecule has 1 saturated heterocycles. The van der Waals surface area contributed by atoms with Crippen molar-refractivity contribution in [2.24, 2.45) is 0 Å². The lowest BCUT2D eigenvalue weighted by Crippen LogP contribution is -2.47. The molecule has 0 spiro atoms. The molecule has 4 N–H and O–H groups in total. The van der Waals surface area contributed by atoms with E-state index in [1.807, 2.05) is 6.92 Å². The summed E-state index contributed by atoms with van der Waals surface area (Å²) in [4.78, 5) is 34.0. The van der Waals surface area contributed by atoms with Gasteiger partial charge in [-0.3, -0.25) is 14.5 Å². The van der Waals surface area contributed by atoms with Gasteiger partial charge in [0.1, 0.15) is 0 Å². The van der Waals surface area contributed by atoms with Gasteiger partial charge in [0.05, 0.1) is 12.1 Å². The minimum atomic E-state index is -0.955. The second-order valence-electron chi connectivity index (χ2n) is 5.77. The fraction of sp³-hybridized carbons (Fsp3) is 0.471. The highest BCUT2D eigenvalue weighted by Gasteiger charge is 2.13. The number of carboxylic acids is 2. The van der Waals surface area contributed by atoms with E-state index < -0.39 is 11.9 Å². The molecule has 0 aromatic heterocycles. The quantitative estimate of drug-likeness (QED) is 0.602. The Labute approximate surface area is 146 Å². The number of benzene rings is 1. The Balaban J connectivity index is 0.000000705. The molecule has 2 rings (SSSR count). The number of aliphatic carboxylic acids is 1. The maximum absolute atomic E-state index is 11.9. The van der Waals surface area contributed by atoms with Crippen LogP contribution in [0.4, 0.5) is 0 Å². The fourth-order valence-electron chi connectivity index (χ4n) is 2.32. The van der Waals surface area contributed by atoms with Crippen LogP contribution >= 0.6 is 0 Å². The Morgan fingerprint density at radius 2 is 1.80 bits per heavy atom. The van der Waals surface area contributed by atoms with Gasteiger partial charge in [-0.2, -0.15) is 0 Å². The Kier molecular flexibility index (Phi) is 8.59. The maximum atomic E-state index is 11.9. The average molecular weight is 351 g/mol. The van der Waals surface area contributed by atoms with E-state index in [2.05, 4.69) is 15.5 Å². The zero-order valence-corrected chi connectivity index (χ0v) is 14.5. The zero-order chi connectivity index (χ0) is 18.8. The van der Waals surface area contributed by atoms with Crippen LogP contribution in [0.1, 0.15) is 28.4 Å². The van der Waals surface area contributed by atoms with Crippen molar-refractivity contribution in [3.05, 3.63) is 34.9 Å². The van der Waals surface area contributed by atoms with Gasteiger partial charge in [0.25, 0.3) is 5.97 Å². The summed E-state index contributed by atoms with van der Waals surface area (Å²) in [6, 6.07) is 4.95. The molecule has 1 fully saturated rings. The molecule has 1 aromatic carbocycles. The Morgan fingerprint density at radius 1 is 1.20 bits per heavy atom. The van der Waals surface area contributed by atoms with E-state index in [1.165, 1.54) is 0 Å². The van der Waals surface area contributed by atoms with Gasteiger partial charge in [0.15, 0.2) is 0 Å². The highest BCUT2D eigenvalue weighted by molar-refractivity contribution is 5.88. The molecule has 1 aliphatic heterocycles. The molecule has 0 unspecified atom stereocenters. The summed E-state index contributed by atoms with van der Waals surface area (Å²) >= 11 is 0. The van der Waals surface area contributed by atoms with Crippen molar-refractivity contribution in [3.8, 4) is 0 Å². The molecule has 1 aliphatic rings. The molecule has 0 bridgehead atoms. The van der Waals surface area contributed by atoms with Crippen molar-refractivity contribution in [2.75, 3.05) is 32.7 Å². The SMILES string of the molecule is CC(=O)O.Cc1ccc(C(=O)O)cc1CNC(=O)CN1CCNCC1. The number of hydrogen-bond donors (Lipinski definition) is 4. The predicted octanol–water partition coefficient (Wildman–Crippen LogP) is 0.306. The normalized spacial score (nSPS) is 14.2. The molecule has 1 amide bonds. The van der Waals surface area contributed by atoms with E-state index >= 15 is 0 Å². The molecule has 1 aromatic rings. The van der Waals surface area contributed by atoms with Gasteiger partial charge in [0, 0.05) is 39.6 Å². The smallest absolute Gasteiger partial charge is 0.335 e. The Hall–Kier alpha value is -2.45. The third-order valence-electron chi connectivity index (χ3n) is 3.65. The maximum Gasteiger partial charge on any atom is 0.335 e. The minimum absolute atomic E-state index is 0.0305. The van der Waals surface area contributed by atoms with Gasteiger partial charge < -0.3 is 20.8 Å². The summed E-state index contributed by atoms with van der Waals surface area (Å²) in [5, 5.41) is 22.5. The number of carboxylic acid groups (broad SMARTS) is 2. The Morgan fingerprint density at radius 3 is 2.36 bits per heavy atom. The van der Waals surface area contributed by atoms with Crippen LogP contribution in [-0.4, -0.2) is 65.7 Å². The van der Waals surface area contributed by atoms with E-state index in [1.54, 1.807) is 18.2 Å². The molecular weight excluding hydrogens is 326 g/mol. The van der Waals surface area contributed by atoms with Crippen LogP contribution in [0.15, 0.2) is 18.2 Å². The van der Waals surface area contributed by atoms with E-state index in [0.717, 1.165) is 44.2 Å². The zero-order valence-electron chi connectivity index (χ0n) is 14.5. The standard InChI is InChI=1S/C15H21N3O3.C2H4O2/c1-11-2-3-12(15(20)21)8-13(11)9-17-14(19)10-18-6-4-16-5-7-18;1-2(3)4/h2-3,8,16H,4-7,9-10H2,1H3,(H,17,19)(H,20,21);1H3,(H,3,4). The molecule has 0 atom stereocenters. The van der Waals surface area contributed by atoms with Gasteiger partial charge in [0.2, 0.25) is 5.91 Å². The molecule has 0 aliphatic carbocycles. The van der Waals surface area contributed by atoms with Crippen molar-refractivity contribution < 1.29 is 24.6 Å². The molecule has 1 heterocycles. The van der Waals surface area contributed by atoms with Crippen molar-refractivity contribution in [2.45, 2.75) is 20.4 Å². The van der Waals surface area contributed by atoms with E-state index in [9.17, 15) is 9.59 Å². The average Bonchev–Trinajstić information content (AvgIpc) is 2.54. The fourth-order valence-corrected chi connectivity index (χ4v) is 2.32. The number of piperazine rings is 1. The highest BCUT2D eigenvalue weighted by Crippen LogP contribution is 2.11. The number of carbonyl (C=O) groups excluding carboxylic acids is 1. The molecule has 8 heteroatoms. The first-order valence-corrected chi connectivity index (χ1v) is 8.01. The van der Waals surface area contributed by atoms with Gasteiger partial charge in [-0.1, -0.05) is 6.07 Å². The summed E-state index contributed by atoms with van der Waals surface area (Å²) in [7, 11) is 0. The first kappa shape index (κ1) is 20.6. The summed E-state index contributed by atoms with van der Waals surface area (Å²) in [6.45, 7) is 7.31. The molecule has 25 heavy (non-hydrogen) atoms. The van der Waals surface area contributed by atoms with Gasteiger partial charge in [-0.05, 0) is 30.2 Å². The lowest BCUT2D eigenvalue weighted by atomic mass is 10.0. The largest absolute Gasteiger partial charge is 0.481 e. The third-order valence-corrected chi connectivity index (χ3v) is 3.65. The number of rotatable bonds is 5. The first-order valence-electron chi connectivity index (χ1n) is 8.01. The summed E-state index contributed by atoms with van der Waals surface area (Å²) in [5.74, 6) is -1.82. The molecule has 138 valence electrons. The second-order valence-corrected chi connectivity index (χ2v) is 5.77. The van der Waals surface area contributed by atoms with Crippen LogP contribution in [0.2, 0.25) is 0 Å². The van der Waals surface area contributed by atoms with Crippen LogP contribution in [0.25, 0.3) is 0 Å². The molecule has 8 nitrogen and oxygen atoms in total. The number of nitrogens with zero attached hydrogens (tertiary/aromatic N) is 1. The predicted molar refractivity (Wildman–Crippen MR) is 92.6 cm³/mol. The van der Waals surface area contributed by atoms with Gasteiger partial charge >= 0.3 is 5.97 Å². The number of carbonyl (C=O) groups is 3. The van der Waals surface area contributed by atoms with Crippen LogP contribution in [0, 0.1) is 6.92 Å². The monoisotopic (exact) mass is 351 g/mol. The summed E-state index contributed by atoms with van der Waals surface area (Å²) < 4.78 is 0. The highest BCUT2D eigenvalue weighted by atomic mass is 16.4. The number of nitrogens with one attached hydrogen (secondary N) is 2. The third kappa shape index (κ3) is 8.27. The molecule has 0 radical (unpaired) electrons. The molecule has 0 saturated carbocycles. The lowest BCUT2D eigenvalue weighted by Gasteiger charge is -2.26. The topological polar surface area (TPSA) is 119 Å².